The normalized spacial score (nSPS) is 13.9. The summed E-state index contributed by atoms with van der Waals surface area (Å²) < 4.78 is 10.2. The van der Waals surface area contributed by atoms with Gasteiger partial charge in [-0.05, 0) is 44.0 Å². The molecule has 0 aromatic heterocycles. The lowest BCUT2D eigenvalue weighted by molar-refractivity contribution is -0.148. The van der Waals surface area contributed by atoms with Crippen LogP contribution in [-0.4, -0.2) is 24.8 Å². The lowest BCUT2D eigenvalue weighted by Gasteiger charge is -2.31. The first-order valence-corrected chi connectivity index (χ1v) is 7.75. The van der Waals surface area contributed by atoms with Crippen LogP contribution < -0.4 is 5.32 Å². The van der Waals surface area contributed by atoms with Crippen LogP contribution in [-0.2, 0) is 19.8 Å². The van der Waals surface area contributed by atoms with E-state index in [1.165, 1.54) is 7.11 Å². The van der Waals surface area contributed by atoms with E-state index in [2.05, 4.69) is 5.32 Å². The molecule has 1 atom stereocenters. The Balaban J connectivity index is 2.51. The highest BCUT2D eigenvalue weighted by molar-refractivity contribution is 5.95. The van der Waals surface area contributed by atoms with E-state index in [-0.39, 0.29) is 0 Å². The van der Waals surface area contributed by atoms with E-state index in [4.69, 9.17) is 9.47 Å². The minimum absolute atomic E-state index is 0.565. The van der Waals surface area contributed by atoms with E-state index < -0.39 is 23.2 Å². The third-order valence-electron chi connectivity index (χ3n) is 3.67. The average Bonchev–Trinajstić information content (AvgIpc) is 2.51. The molecule has 0 radical (unpaired) electrons. The minimum atomic E-state index is -1.36. The van der Waals surface area contributed by atoms with Crippen molar-refractivity contribution in [2.75, 3.05) is 7.11 Å². The summed E-state index contributed by atoms with van der Waals surface area (Å²) in [4.78, 5) is 24.7. The lowest BCUT2D eigenvalue weighted by Crippen LogP contribution is -2.51. The summed E-state index contributed by atoms with van der Waals surface area (Å²) in [7, 11) is 1.29. The van der Waals surface area contributed by atoms with Gasteiger partial charge in [0.2, 0.25) is 0 Å². The van der Waals surface area contributed by atoms with Gasteiger partial charge in [0.25, 0.3) is 0 Å². The number of alkyl carbamates (subject to hydrolysis) is 1. The quantitative estimate of drug-likeness (QED) is 0.871. The maximum Gasteiger partial charge on any atom is 0.408 e. The predicted molar refractivity (Wildman–Crippen MR) is 92.7 cm³/mol. The van der Waals surface area contributed by atoms with Crippen molar-refractivity contribution in [2.45, 2.75) is 38.8 Å². The molecular weight excluding hydrogens is 306 g/mol. The molecule has 0 saturated carbocycles. The molecule has 128 valence electrons. The van der Waals surface area contributed by atoms with Gasteiger partial charge in [0.1, 0.15) is 5.60 Å². The van der Waals surface area contributed by atoms with Gasteiger partial charge < -0.3 is 14.8 Å². The number of methoxy groups -OCH3 is 1. The van der Waals surface area contributed by atoms with Crippen molar-refractivity contribution >= 4 is 22.8 Å². The summed E-state index contributed by atoms with van der Waals surface area (Å²) in [6.45, 7) is 6.91. The number of nitrogens with one attached hydrogen (secondary N) is 1. The first-order valence-electron chi connectivity index (χ1n) is 7.75. The molecule has 0 aliphatic rings. The summed E-state index contributed by atoms with van der Waals surface area (Å²) in [5.41, 5.74) is -1.38. The number of ether oxygens (including phenoxy) is 2. The number of hydrogen-bond acceptors (Lipinski definition) is 4. The van der Waals surface area contributed by atoms with Crippen LogP contribution in [0, 0.1) is 0 Å². The molecule has 5 heteroatoms. The minimum Gasteiger partial charge on any atom is -0.467 e. The van der Waals surface area contributed by atoms with Gasteiger partial charge in [-0.3, -0.25) is 0 Å². The SMILES string of the molecule is COC(=O)[C@](C)(NC(=O)OC(C)(C)C)c1cccc2ccccc12. The van der Waals surface area contributed by atoms with Crippen LogP contribution in [0.15, 0.2) is 42.5 Å². The summed E-state index contributed by atoms with van der Waals surface area (Å²) in [6.07, 6.45) is -0.677. The van der Waals surface area contributed by atoms with Crippen LogP contribution in [0.2, 0.25) is 0 Å². The van der Waals surface area contributed by atoms with E-state index in [1.54, 1.807) is 33.8 Å². The van der Waals surface area contributed by atoms with Gasteiger partial charge in [-0.15, -0.1) is 0 Å². The molecule has 1 N–H and O–H groups in total. The first kappa shape index (κ1) is 17.8. The van der Waals surface area contributed by atoms with Crippen molar-refractivity contribution in [3.8, 4) is 0 Å². The number of carbonyl (C=O) groups excluding carboxylic acids is 2. The average molecular weight is 329 g/mol. The predicted octanol–water partition coefficient (Wildman–Crippen LogP) is 3.75. The molecule has 0 bridgehead atoms. The molecule has 0 aliphatic carbocycles. The Bertz CT molecular complexity index is 758. The van der Waals surface area contributed by atoms with E-state index in [0.717, 1.165) is 10.8 Å². The number of fused-ring (bicyclic) bond motifs is 1. The Kier molecular flexibility index (Phi) is 4.83. The van der Waals surface area contributed by atoms with Crippen molar-refractivity contribution in [3.63, 3.8) is 0 Å². The molecule has 0 aliphatic heterocycles. The number of amides is 1. The second-order valence-electron chi connectivity index (χ2n) is 6.77. The topological polar surface area (TPSA) is 64.6 Å². The fourth-order valence-corrected chi connectivity index (χ4v) is 2.60. The van der Waals surface area contributed by atoms with E-state index >= 15 is 0 Å². The van der Waals surface area contributed by atoms with Crippen molar-refractivity contribution < 1.29 is 19.1 Å². The van der Waals surface area contributed by atoms with Gasteiger partial charge in [-0.1, -0.05) is 42.5 Å². The van der Waals surface area contributed by atoms with Crippen molar-refractivity contribution in [1.29, 1.82) is 0 Å². The molecule has 0 fully saturated rings. The first-order chi connectivity index (χ1) is 11.2. The summed E-state index contributed by atoms with van der Waals surface area (Å²) in [5.74, 6) is -0.565. The molecule has 2 aromatic carbocycles. The maximum absolute atomic E-state index is 12.5. The number of benzene rings is 2. The standard InChI is InChI=1S/C19H23NO4/c1-18(2,3)24-17(22)20-19(4,16(21)23-5)15-12-8-10-13-9-6-7-11-14(13)15/h6-12H,1-5H3,(H,20,22)/t19-/m1/s1. The molecule has 1 amide bonds. The van der Waals surface area contributed by atoms with Crippen molar-refractivity contribution in [2.24, 2.45) is 0 Å². The molecule has 5 nitrogen and oxygen atoms in total. The third kappa shape index (κ3) is 3.67. The molecule has 24 heavy (non-hydrogen) atoms. The highest BCUT2D eigenvalue weighted by atomic mass is 16.6. The monoisotopic (exact) mass is 329 g/mol. The zero-order valence-corrected chi connectivity index (χ0v) is 14.7. The summed E-state index contributed by atoms with van der Waals surface area (Å²) in [6, 6.07) is 13.3. The maximum atomic E-state index is 12.5. The zero-order valence-electron chi connectivity index (χ0n) is 14.7. The molecule has 2 rings (SSSR count). The van der Waals surface area contributed by atoms with Gasteiger partial charge >= 0.3 is 12.1 Å². The molecular formula is C19H23NO4. The Morgan fingerprint density at radius 1 is 0.958 bits per heavy atom. The number of esters is 1. The van der Waals surface area contributed by atoms with E-state index in [0.29, 0.717) is 5.56 Å². The lowest BCUT2D eigenvalue weighted by atomic mass is 9.88. The molecule has 0 unspecified atom stereocenters. The van der Waals surface area contributed by atoms with Crippen LogP contribution >= 0.6 is 0 Å². The van der Waals surface area contributed by atoms with Gasteiger partial charge in [-0.2, -0.15) is 0 Å². The number of hydrogen-bond donors (Lipinski definition) is 1. The molecule has 0 saturated heterocycles. The highest BCUT2D eigenvalue weighted by Crippen LogP contribution is 2.30. The van der Waals surface area contributed by atoms with E-state index in [9.17, 15) is 9.59 Å². The fourth-order valence-electron chi connectivity index (χ4n) is 2.60. The van der Waals surface area contributed by atoms with Crippen molar-refractivity contribution in [3.05, 3.63) is 48.0 Å². The summed E-state index contributed by atoms with van der Waals surface area (Å²) >= 11 is 0. The largest absolute Gasteiger partial charge is 0.467 e. The van der Waals surface area contributed by atoms with Crippen LogP contribution in [0.25, 0.3) is 10.8 Å². The van der Waals surface area contributed by atoms with Crippen molar-refractivity contribution in [1.82, 2.24) is 5.32 Å². The second kappa shape index (κ2) is 6.51. The van der Waals surface area contributed by atoms with E-state index in [1.807, 2.05) is 36.4 Å². The van der Waals surface area contributed by atoms with Gasteiger partial charge in [0.15, 0.2) is 5.54 Å². The highest BCUT2D eigenvalue weighted by Gasteiger charge is 2.40. The molecule has 2 aromatic rings. The Hall–Kier alpha value is -2.56. The molecule has 0 heterocycles. The smallest absolute Gasteiger partial charge is 0.408 e. The van der Waals surface area contributed by atoms with Gasteiger partial charge in [0, 0.05) is 0 Å². The van der Waals surface area contributed by atoms with Crippen LogP contribution in [0.1, 0.15) is 33.3 Å². The van der Waals surface area contributed by atoms with Gasteiger partial charge in [-0.25, -0.2) is 9.59 Å². The summed E-state index contributed by atoms with van der Waals surface area (Å²) in [5, 5.41) is 4.51. The van der Waals surface area contributed by atoms with Crippen LogP contribution in [0.4, 0.5) is 4.79 Å². The van der Waals surface area contributed by atoms with Crippen LogP contribution in [0.3, 0.4) is 0 Å². The Labute approximate surface area is 141 Å². The fraction of sp³-hybridized carbons (Fsp3) is 0.368. The Morgan fingerprint density at radius 3 is 2.21 bits per heavy atom. The Morgan fingerprint density at radius 2 is 1.58 bits per heavy atom. The van der Waals surface area contributed by atoms with Crippen LogP contribution in [0.5, 0.6) is 0 Å². The van der Waals surface area contributed by atoms with Gasteiger partial charge in [0.05, 0.1) is 7.11 Å². The molecule has 0 spiro atoms. The third-order valence-corrected chi connectivity index (χ3v) is 3.67. The number of rotatable bonds is 3. The zero-order chi connectivity index (χ0) is 18.0. The second-order valence-corrected chi connectivity index (χ2v) is 6.77. The number of carbonyl (C=O) groups is 2.